The van der Waals surface area contributed by atoms with Gasteiger partial charge < -0.3 is 15.0 Å². The first-order chi connectivity index (χ1) is 10.2. The van der Waals surface area contributed by atoms with E-state index in [4.69, 9.17) is 15.0 Å². The highest BCUT2D eigenvalue weighted by molar-refractivity contribution is 9.10. The third kappa shape index (κ3) is 2.50. The van der Waals surface area contributed by atoms with Crippen LogP contribution in [0.15, 0.2) is 51.7 Å². The van der Waals surface area contributed by atoms with Gasteiger partial charge in [0, 0.05) is 23.5 Å². The zero-order chi connectivity index (χ0) is 14.8. The van der Waals surface area contributed by atoms with E-state index >= 15 is 0 Å². The Morgan fingerprint density at radius 3 is 2.76 bits per heavy atom. The molecular weight excluding hydrogens is 334 g/mol. The van der Waals surface area contributed by atoms with Gasteiger partial charge in [-0.15, -0.1) is 0 Å². The van der Waals surface area contributed by atoms with Crippen LogP contribution in [-0.2, 0) is 0 Å². The monoisotopic (exact) mass is 345 g/mol. The molecule has 0 aliphatic carbocycles. The molecule has 0 aliphatic heterocycles. The molecule has 0 aliphatic rings. The number of aromatic nitrogens is 2. The van der Waals surface area contributed by atoms with E-state index in [9.17, 15) is 0 Å². The third-order valence-corrected chi connectivity index (χ3v) is 3.70. The number of benzene rings is 1. The maximum Gasteiger partial charge on any atom is 0.177 e. The zero-order valence-electron chi connectivity index (χ0n) is 11.2. The molecule has 2 heterocycles. The molecule has 21 heavy (non-hydrogen) atoms. The fraction of sp³-hybridized carbons (Fsp3) is 0.0667. The minimum Gasteiger partial charge on any atom is -0.496 e. The van der Waals surface area contributed by atoms with Crippen molar-refractivity contribution >= 4 is 21.7 Å². The molecule has 1 aromatic carbocycles. The fourth-order valence-electron chi connectivity index (χ4n) is 2.10. The number of nitrogens with two attached hydrogens (primary N) is 1. The number of rotatable bonds is 3. The second kappa shape index (κ2) is 5.57. The Morgan fingerprint density at radius 1 is 1.24 bits per heavy atom. The predicted molar refractivity (Wildman–Crippen MR) is 83.8 cm³/mol. The third-order valence-electron chi connectivity index (χ3n) is 3.08. The van der Waals surface area contributed by atoms with Gasteiger partial charge in [0.05, 0.1) is 17.1 Å². The molecule has 2 aromatic heterocycles. The van der Waals surface area contributed by atoms with Gasteiger partial charge in [-0.05, 0) is 40.2 Å². The number of hydrogen-bond acceptors (Lipinski definition) is 5. The van der Waals surface area contributed by atoms with Crippen LogP contribution in [0.2, 0.25) is 0 Å². The summed E-state index contributed by atoms with van der Waals surface area (Å²) in [4.78, 5) is 4.11. The van der Waals surface area contributed by atoms with Crippen LogP contribution < -0.4 is 10.5 Å². The summed E-state index contributed by atoms with van der Waals surface area (Å²) in [5.74, 6) is 1.68. The van der Waals surface area contributed by atoms with Gasteiger partial charge in [-0.1, -0.05) is 11.2 Å². The van der Waals surface area contributed by atoms with Gasteiger partial charge in [0.1, 0.15) is 5.75 Å². The maximum absolute atomic E-state index is 5.94. The van der Waals surface area contributed by atoms with Crippen LogP contribution in [0.25, 0.3) is 22.5 Å². The van der Waals surface area contributed by atoms with Gasteiger partial charge >= 0.3 is 0 Å². The van der Waals surface area contributed by atoms with Gasteiger partial charge in [0.15, 0.2) is 11.6 Å². The van der Waals surface area contributed by atoms with E-state index in [-0.39, 0.29) is 0 Å². The minimum absolute atomic E-state index is 0.338. The molecule has 0 fully saturated rings. The normalized spacial score (nSPS) is 10.6. The van der Waals surface area contributed by atoms with E-state index in [2.05, 4.69) is 26.1 Å². The largest absolute Gasteiger partial charge is 0.496 e. The lowest BCUT2D eigenvalue weighted by atomic mass is 10.0. The molecule has 3 rings (SSSR count). The highest BCUT2D eigenvalue weighted by Gasteiger charge is 2.18. The molecule has 5 nitrogen and oxygen atoms in total. The highest BCUT2D eigenvalue weighted by atomic mass is 79.9. The summed E-state index contributed by atoms with van der Waals surface area (Å²) >= 11 is 3.46. The Hall–Kier alpha value is -2.34. The van der Waals surface area contributed by atoms with E-state index in [1.54, 1.807) is 19.5 Å². The molecule has 0 spiro atoms. The van der Waals surface area contributed by atoms with Crippen LogP contribution >= 0.6 is 15.9 Å². The van der Waals surface area contributed by atoms with Gasteiger partial charge in [0.25, 0.3) is 0 Å². The molecule has 0 bridgehead atoms. The Labute approximate surface area is 129 Å². The lowest BCUT2D eigenvalue weighted by Gasteiger charge is -2.06. The lowest BCUT2D eigenvalue weighted by Crippen LogP contribution is -1.90. The first kappa shape index (κ1) is 13.6. The van der Waals surface area contributed by atoms with Crippen molar-refractivity contribution in [2.24, 2.45) is 0 Å². The highest BCUT2D eigenvalue weighted by Crippen LogP contribution is 2.38. The summed E-state index contributed by atoms with van der Waals surface area (Å²) in [6, 6.07) is 9.40. The maximum atomic E-state index is 5.94. The van der Waals surface area contributed by atoms with Crippen molar-refractivity contribution in [3.63, 3.8) is 0 Å². The summed E-state index contributed by atoms with van der Waals surface area (Å²) in [7, 11) is 1.62. The van der Waals surface area contributed by atoms with Crippen molar-refractivity contribution in [1.82, 2.24) is 10.1 Å². The van der Waals surface area contributed by atoms with Crippen molar-refractivity contribution in [1.29, 1.82) is 0 Å². The Bertz CT molecular complexity index is 772. The number of halogens is 1. The van der Waals surface area contributed by atoms with Crippen LogP contribution in [-0.4, -0.2) is 17.3 Å². The van der Waals surface area contributed by atoms with Crippen molar-refractivity contribution in [2.45, 2.75) is 0 Å². The molecule has 3 aromatic rings. The molecule has 106 valence electrons. The van der Waals surface area contributed by atoms with E-state index in [1.807, 2.05) is 30.3 Å². The number of nitrogen functional groups attached to an aromatic ring is 1. The first-order valence-corrected chi connectivity index (χ1v) is 6.99. The summed E-state index contributed by atoms with van der Waals surface area (Å²) < 4.78 is 11.5. The number of methoxy groups -OCH3 is 1. The van der Waals surface area contributed by atoms with Gasteiger partial charge in [-0.3, -0.25) is 4.98 Å². The molecule has 0 amide bonds. The molecule has 0 saturated carbocycles. The Morgan fingerprint density at radius 2 is 2.10 bits per heavy atom. The SMILES string of the molecule is COc1ccc(-c2onc(N)c2-c2cccnc2)cc1Br. The number of pyridine rings is 1. The second-order valence-electron chi connectivity index (χ2n) is 4.36. The molecule has 0 radical (unpaired) electrons. The van der Waals surface area contributed by atoms with Crippen LogP contribution in [0.5, 0.6) is 5.75 Å². The summed E-state index contributed by atoms with van der Waals surface area (Å²) in [5, 5.41) is 3.87. The van der Waals surface area contributed by atoms with Crippen molar-refractivity contribution in [2.75, 3.05) is 12.8 Å². The van der Waals surface area contributed by atoms with Crippen molar-refractivity contribution in [3.8, 4) is 28.2 Å². The van der Waals surface area contributed by atoms with Crippen LogP contribution in [0.4, 0.5) is 5.82 Å². The molecule has 6 heteroatoms. The molecule has 0 unspecified atom stereocenters. The summed E-state index contributed by atoms with van der Waals surface area (Å²) in [5.41, 5.74) is 8.38. The Kier molecular flexibility index (Phi) is 3.62. The van der Waals surface area contributed by atoms with E-state index < -0.39 is 0 Å². The van der Waals surface area contributed by atoms with Gasteiger partial charge in [-0.25, -0.2) is 0 Å². The number of ether oxygens (including phenoxy) is 1. The average molecular weight is 346 g/mol. The van der Waals surface area contributed by atoms with Crippen LogP contribution in [0.1, 0.15) is 0 Å². The predicted octanol–water partition coefficient (Wildman–Crippen LogP) is 3.76. The topological polar surface area (TPSA) is 74.2 Å². The summed E-state index contributed by atoms with van der Waals surface area (Å²) in [6.45, 7) is 0. The summed E-state index contributed by atoms with van der Waals surface area (Å²) in [6.07, 6.45) is 3.43. The van der Waals surface area contributed by atoms with Crippen LogP contribution in [0.3, 0.4) is 0 Å². The Balaban J connectivity index is 2.14. The smallest absolute Gasteiger partial charge is 0.177 e. The molecular formula is C15H12BrN3O2. The number of anilines is 1. The quantitative estimate of drug-likeness (QED) is 0.782. The molecule has 0 saturated heterocycles. The van der Waals surface area contributed by atoms with Crippen molar-refractivity contribution < 1.29 is 9.26 Å². The second-order valence-corrected chi connectivity index (χ2v) is 5.22. The standard InChI is InChI=1S/C15H12BrN3O2/c1-20-12-5-4-9(7-11(12)16)14-13(15(17)19-21-14)10-3-2-6-18-8-10/h2-8H,1H3,(H2,17,19). The van der Waals surface area contributed by atoms with E-state index in [0.29, 0.717) is 11.6 Å². The minimum atomic E-state index is 0.338. The number of nitrogens with zero attached hydrogens (tertiary/aromatic N) is 2. The van der Waals surface area contributed by atoms with Crippen molar-refractivity contribution in [3.05, 3.63) is 47.2 Å². The van der Waals surface area contributed by atoms with Gasteiger partial charge in [-0.2, -0.15) is 0 Å². The van der Waals surface area contributed by atoms with Gasteiger partial charge in [0.2, 0.25) is 0 Å². The van der Waals surface area contributed by atoms with E-state index in [0.717, 1.165) is 26.9 Å². The number of hydrogen-bond donors (Lipinski definition) is 1. The zero-order valence-corrected chi connectivity index (χ0v) is 12.8. The molecule has 0 atom stereocenters. The van der Waals surface area contributed by atoms with E-state index in [1.165, 1.54) is 0 Å². The first-order valence-electron chi connectivity index (χ1n) is 6.20. The molecule has 2 N–H and O–H groups in total. The fourth-order valence-corrected chi connectivity index (χ4v) is 2.64. The lowest BCUT2D eigenvalue weighted by molar-refractivity contribution is 0.412. The van der Waals surface area contributed by atoms with Crippen LogP contribution in [0, 0.1) is 0 Å². The average Bonchev–Trinajstić information content (AvgIpc) is 2.90.